The highest BCUT2D eigenvalue weighted by Crippen LogP contribution is 2.37. The Labute approximate surface area is 88.2 Å². The Balaban J connectivity index is 1.77. The van der Waals surface area contributed by atoms with Gasteiger partial charge in [0.15, 0.2) is 0 Å². The van der Waals surface area contributed by atoms with Gasteiger partial charge in [-0.05, 0) is 31.1 Å². The van der Waals surface area contributed by atoms with Crippen molar-refractivity contribution in [2.75, 3.05) is 7.11 Å². The van der Waals surface area contributed by atoms with Crippen molar-refractivity contribution in [3.63, 3.8) is 0 Å². The molecule has 14 heavy (non-hydrogen) atoms. The first-order valence-corrected chi connectivity index (χ1v) is 6.43. The van der Waals surface area contributed by atoms with Gasteiger partial charge in [0.2, 0.25) is 0 Å². The van der Waals surface area contributed by atoms with Crippen molar-refractivity contribution in [1.82, 2.24) is 0 Å². The van der Waals surface area contributed by atoms with Gasteiger partial charge in [0.1, 0.15) is 0 Å². The lowest BCUT2D eigenvalue weighted by molar-refractivity contribution is 0.0587. The molecule has 1 nitrogen and oxygen atoms in total. The molecular weight excluding hydrogens is 172 g/mol. The van der Waals surface area contributed by atoms with Gasteiger partial charge < -0.3 is 4.74 Å². The van der Waals surface area contributed by atoms with Gasteiger partial charge in [0.05, 0.1) is 6.10 Å². The van der Waals surface area contributed by atoms with Crippen molar-refractivity contribution in [2.24, 2.45) is 11.8 Å². The second-order valence-electron chi connectivity index (χ2n) is 5.20. The van der Waals surface area contributed by atoms with Gasteiger partial charge in [-0.25, -0.2) is 0 Å². The first kappa shape index (κ1) is 10.5. The maximum Gasteiger partial charge on any atom is 0.0599 e. The molecule has 0 bridgehead atoms. The maximum atomic E-state index is 5.57. The third-order valence-corrected chi connectivity index (χ3v) is 4.25. The van der Waals surface area contributed by atoms with E-state index in [1.807, 2.05) is 7.11 Å². The number of rotatable bonds is 3. The summed E-state index contributed by atoms with van der Waals surface area (Å²) in [5.74, 6) is 1.92. The lowest BCUT2D eigenvalue weighted by Gasteiger charge is -2.27. The van der Waals surface area contributed by atoms with E-state index in [0.717, 1.165) is 11.8 Å². The fourth-order valence-corrected chi connectivity index (χ4v) is 3.43. The summed E-state index contributed by atoms with van der Waals surface area (Å²) in [6, 6.07) is 0. The lowest BCUT2D eigenvalue weighted by Crippen LogP contribution is -2.20. The van der Waals surface area contributed by atoms with Crippen LogP contribution in [-0.4, -0.2) is 13.2 Å². The Kier molecular flexibility index (Phi) is 3.86. The van der Waals surface area contributed by atoms with E-state index in [4.69, 9.17) is 4.74 Å². The topological polar surface area (TPSA) is 9.23 Å². The third-order valence-electron chi connectivity index (χ3n) is 4.25. The average molecular weight is 196 g/mol. The monoisotopic (exact) mass is 196 g/mol. The van der Waals surface area contributed by atoms with Gasteiger partial charge in [0, 0.05) is 7.11 Å². The summed E-state index contributed by atoms with van der Waals surface area (Å²) in [5.41, 5.74) is 0. The van der Waals surface area contributed by atoms with Crippen LogP contribution in [0.2, 0.25) is 0 Å². The molecule has 0 unspecified atom stereocenters. The van der Waals surface area contributed by atoms with Crippen LogP contribution < -0.4 is 0 Å². The average Bonchev–Trinajstić information content (AvgIpc) is 2.67. The Morgan fingerprint density at radius 3 is 2.43 bits per heavy atom. The summed E-state index contributed by atoms with van der Waals surface area (Å²) in [6.45, 7) is 0. The molecule has 2 rings (SSSR count). The second-order valence-corrected chi connectivity index (χ2v) is 5.20. The first-order chi connectivity index (χ1) is 6.90. The Morgan fingerprint density at radius 1 is 0.929 bits per heavy atom. The van der Waals surface area contributed by atoms with Crippen LogP contribution >= 0.6 is 0 Å². The van der Waals surface area contributed by atoms with Crippen LogP contribution in [0.1, 0.15) is 57.8 Å². The van der Waals surface area contributed by atoms with E-state index in [0.29, 0.717) is 6.10 Å². The summed E-state index contributed by atoms with van der Waals surface area (Å²) in [6.07, 6.45) is 13.6. The molecule has 0 saturated heterocycles. The fraction of sp³-hybridized carbons (Fsp3) is 1.00. The smallest absolute Gasteiger partial charge is 0.0599 e. The maximum absolute atomic E-state index is 5.57. The molecular formula is C13H24O. The standard InChI is InChI=1S/C13H24O/c1-14-13-9-5-8-12(13)10-11-6-3-2-4-7-11/h11-13H,2-10H2,1H3/t12-,13+/m1/s1. The van der Waals surface area contributed by atoms with Gasteiger partial charge in [-0.1, -0.05) is 38.5 Å². The molecule has 0 N–H and O–H groups in total. The molecule has 82 valence electrons. The van der Waals surface area contributed by atoms with Crippen molar-refractivity contribution in [3.05, 3.63) is 0 Å². The quantitative estimate of drug-likeness (QED) is 0.667. The Bertz CT molecular complexity index is 161. The van der Waals surface area contributed by atoms with Crippen molar-refractivity contribution in [1.29, 1.82) is 0 Å². The van der Waals surface area contributed by atoms with Crippen LogP contribution in [0, 0.1) is 11.8 Å². The number of ether oxygens (including phenoxy) is 1. The number of methoxy groups -OCH3 is 1. The predicted octanol–water partition coefficient (Wildman–Crippen LogP) is 3.77. The minimum absolute atomic E-state index is 0.594. The van der Waals surface area contributed by atoms with Crippen LogP contribution in [-0.2, 0) is 4.74 Å². The molecule has 0 aromatic carbocycles. The van der Waals surface area contributed by atoms with Crippen molar-refractivity contribution in [2.45, 2.75) is 63.9 Å². The van der Waals surface area contributed by atoms with Gasteiger partial charge in [-0.15, -0.1) is 0 Å². The Morgan fingerprint density at radius 2 is 1.71 bits per heavy atom. The van der Waals surface area contributed by atoms with Crippen molar-refractivity contribution >= 4 is 0 Å². The third kappa shape index (κ3) is 2.50. The molecule has 0 radical (unpaired) electrons. The summed E-state index contributed by atoms with van der Waals surface area (Å²) in [7, 11) is 1.89. The van der Waals surface area contributed by atoms with E-state index in [9.17, 15) is 0 Å². The molecule has 0 spiro atoms. The molecule has 0 aromatic heterocycles. The summed E-state index contributed by atoms with van der Waals surface area (Å²) < 4.78 is 5.57. The summed E-state index contributed by atoms with van der Waals surface area (Å²) in [4.78, 5) is 0. The van der Waals surface area contributed by atoms with Gasteiger partial charge in [-0.3, -0.25) is 0 Å². The highest BCUT2D eigenvalue weighted by atomic mass is 16.5. The molecule has 2 aliphatic carbocycles. The van der Waals surface area contributed by atoms with Gasteiger partial charge in [0.25, 0.3) is 0 Å². The molecule has 0 aliphatic heterocycles. The van der Waals surface area contributed by atoms with Gasteiger partial charge >= 0.3 is 0 Å². The normalized spacial score (nSPS) is 34.9. The lowest BCUT2D eigenvalue weighted by atomic mass is 9.82. The van der Waals surface area contributed by atoms with Crippen LogP contribution in [0.25, 0.3) is 0 Å². The van der Waals surface area contributed by atoms with Crippen LogP contribution in [0.4, 0.5) is 0 Å². The molecule has 2 aliphatic rings. The first-order valence-electron chi connectivity index (χ1n) is 6.43. The molecule has 0 heterocycles. The van der Waals surface area contributed by atoms with Crippen LogP contribution in [0.15, 0.2) is 0 Å². The highest BCUT2D eigenvalue weighted by molar-refractivity contribution is 4.81. The molecule has 1 heteroatoms. The number of hydrogen-bond donors (Lipinski definition) is 0. The molecule has 2 saturated carbocycles. The largest absolute Gasteiger partial charge is 0.381 e. The zero-order valence-corrected chi connectivity index (χ0v) is 9.50. The molecule has 0 aromatic rings. The van der Waals surface area contributed by atoms with E-state index in [-0.39, 0.29) is 0 Å². The minimum Gasteiger partial charge on any atom is -0.381 e. The van der Waals surface area contributed by atoms with E-state index in [1.165, 1.54) is 57.8 Å². The zero-order chi connectivity index (χ0) is 9.80. The van der Waals surface area contributed by atoms with E-state index in [2.05, 4.69) is 0 Å². The minimum atomic E-state index is 0.594. The number of hydrogen-bond acceptors (Lipinski definition) is 1. The fourth-order valence-electron chi connectivity index (χ4n) is 3.43. The zero-order valence-electron chi connectivity index (χ0n) is 9.50. The van der Waals surface area contributed by atoms with Gasteiger partial charge in [-0.2, -0.15) is 0 Å². The highest BCUT2D eigenvalue weighted by Gasteiger charge is 2.29. The van der Waals surface area contributed by atoms with Crippen molar-refractivity contribution in [3.8, 4) is 0 Å². The Hall–Kier alpha value is -0.0400. The summed E-state index contributed by atoms with van der Waals surface area (Å²) >= 11 is 0. The van der Waals surface area contributed by atoms with Crippen molar-refractivity contribution < 1.29 is 4.74 Å². The second kappa shape index (κ2) is 5.16. The van der Waals surface area contributed by atoms with Crippen LogP contribution in [0.5, 0.6) is 0 Å². The molecule has 2 atom stereocenters. The SMILES string of the molecule is CO[C@H]1CCC[C@@H]1CC1CCCCC1. The van der Waals surface area contributed by atoms with E-state index >= 15 is 0 Å². The molecule has 2 fully saturated rings. The molecule has 0 amide bonds. The van der Waals surface area contributed by atoms with E-state index < -0.39 is 0 Å². The predicted molar refractivity (Wildman–Crippen MR) is 59.3 cm³/mol. The van der Waals surface area contributed by atoms with E-state index in [1.54, 1.807) is 0 Å². The summed E-state index contributed by atoms with van der Waals surface area (Å²) in [5, 5.41) is 0. The van der Waals surface area contributed by atoms with Crippen LogP contribution in [0.3, 0.4) is 0 Å².